The maximum absolute atomic E-state index is 12.6. The van der Waals surface area contributed by atoms with Crippen LogP contribution in [0.2, 0.25) is 0 Å². The highest BCUT2D eigenvalue weighted by Crippen LogP contribution is 2.31. The van der Waals surface area contributed by atoms with Gasteiger partial charge in [-0.05, 0) is 23.3 Å². The molecule has 2 aromatic rings. The Hall–Kier alpha value is -1.85. The van der Waals surface area contributed by atoms with Gasteiger partial charge in [-0.2, -0.15) is 0 Å². The number of alkyl halides is 2. The van der Waals surface area contributed by atoms with E-state index in [-0.39, 0.29) is 12.4 Å². The van der Waals surface area contributed by atoms with Gasteiger partial charge in [-0.3, -0.25) is 0 Å². The number of hydrogen-bond acceptors (Lipinski definition) is 3. The van der Waals surface area contributed by atoms with Gasteiger partial charge in [-0.25, -0.2) is 8.78 Å². The second-order valence-corrected chi connectivity index (χ2v) is 4.54. The second kappa shape index (κ2) is 8.56. The Balaban J connectivity index is 0.00000242. The SMILES string of the molecule is COc1cc([C@@H](N)C(F)F)ccc1OCc1ccccc1.Cl. The van der Waals surface area contributed by atoms with Crippen molar-refractivity contribution in [3.05, 3.63) is 59.7 Å². The van der Waals surface area contributed by atoms with Crippen LogP contribution < -0.4 is 15.2 Å². The van der Waals surface area contributed by atoms with Crippen molar-refractivity contribution in [3.8, 4) is 11.5 Å². The minimum Gasteiger partial charge on any atom is -0.493 e. The largest absolute Gasteiger partial charge is 0.493 e. The van der Waals surface area contributed by atoms with Crippen LogP contribution in [0.1, 0.15) is 17.2 Å². The number of halogens is 3. The molecule has 0 bridgehead atoms. The molecule has 0 saturated carbocycles. The summed E-state index contributed by atoms with van der Waals surface area (Å²) in [5, 5.41) is 0. The lowest BCUT2D eigenvalue weighted by molar-refractivity contribution is 0.116. The molecule has 0 heterocycles. The van der Waals surface area contributed by atoms with Crippen LogP contribution in [0.4, 0.5) is 8.78 Å². The third-order valence-corrected chi connectivity index (χ3v) is 3.08. The van der Waals surface area contributed by atoms with Crippen LogP contribution in [-0.2, 0) is 6.61 Å². The molecule has 6 heteroatoms. The number of benzene rings is 2. The average Bonchev–Trinajstić information content (AvgIpc) is 2.53. The third-order valence-electron chi connectivity index (χ3n) is 3.08. The summed E-state index contributed by atoms with van der Waals surface area (Å²) < 4.78 is 36.1. The van der Waals surface area contributed by atoms with Gasteiger partial charge >= 0.3 is 0 Å². The molecule has 2 N–H and O–H groups in total. The molecule has 2 aromatic carbocycles. The fourth-order valence-electron chi connectivity index (χ4n) is 1.89. The number of hydrogen-bond donors (Lipinski definition) is 1. The van der Waals surface area contributed by atoms with Gasteiger partial charge in [0.05, 0.1) is 13.2 Å². The van der Waals surface area contributed by atoms with Crippen molar-refractivity contribution in [2.75, 3.05) is 7.11 Å². The van der Waals surface area contributed by atoms with E-state index >= 15 is 0 Å². The zero-order valence-corrected chi connectivity index (χ0v) is 12.9. The molecule has 0 aliphatic rings. The molecule has 0 unspecified atom stereocenters. The van der Waals surface area contributed by atoms with Gasteiger partial charge in [0.1, 0.15) is 6.61 Å². The molecule has 1 atom stereocenters. The first-order chi connectivity index (χ1) is 10.1. The highest BCUT2D eigenvalue weighted by molar-refractivity contribution is 5.85. The predicted molar refractivity (Wildman–Crippen MR) is 83.9 cm³/mol. The molecule has 0 spiro atoms. The Kier molecular flexibility index (Phi) is 7.08. The molecule has 0 aliphatic heterocycles. The summed E-state index contributed by atoms with van der Waals surface area (Å²) >= 11 is 0. The van der Waals surface area contributed by atoms with Crippen molar-refractivity contribution >= 4 is 12.4 Å². The summed E-state index contributed by atoms with van der Waals surface area (Å²) in [5.41, 5.74) is 6.75. The van der Waals surface area contributed by atoms with E-state index in [1.807, 2.05) is 30.3 Å². The van der Waals surface area contributed by atoms with Crippen LogP contribution >= 0.6 is 12.4 Å². The molecule has 3 nitrogen and oxygen atoms in total. The van der Waals surface area contributed by atoms with E-state index in [4.69, 9.17) is 15.2 Å². The molecule has 2 rings (SSSR count). The minimum atomic E-state index is -2.62. The zero-order valence-electron chi connectivity index (χ0n) is 12.0. The molecule has 0 aliphatic carbocycles. The molecular weight excluding hydrogens is 312 g/mol. The molecule has 0 fully saturated rings. The number of ether oxygens (including phenoxy) is 2. The number of nitrogens with two attached hydrogens (primary N) is 1. The topological polar surface area (TPSA) is 44.5 Å². The summed E-state index contributed by atoms with van der Waals surface area (Å²) in [6.07, 6.45) is -2.62. The van der Waals surface area contributed by atoms with Crippen LogP contribution in [0.25, 0.3) is 0 Å². The van der Waals surface area contributed by atoms with Gasteiger partial charge in [-0.15, -0.1) is 12.4 Å². The lowest BCUT2D eigenvalue weighted by atomic mass is 10.1. The fourth-order valence-corrected chi connectivity index (χ4v) is 1.89. The van der Waals surface area contributed by atoms with Crippen LogP contribution in [0.15, 0.2) is 48.5 Å². The minimum absolute atomic E-state index is 0. The van der Waals surface area contributed by atoms with Crippen LogP contribution in [0.3, 0.4) is 0 Å². The van der Waals surface area contributed by atoms with Crippen LogP contribution in [-0.4, -0.2) is 13.5 Å². The van der Waals surface area contributed by atoms with Crippen molar-refractivity contribution in [1.29, 1.82) is 0 Å². The van der Waals surface area contributed by atoms with Crippen molar-refractivity contribution in [3.63, 3.8) is 0 Å². The smallest absolute Gasteiger partial charge is 0.257 e. The Bertz CT molecular complexity index is 582. The molecule has 0 amide bonds. The van der Waals surface area contributed by atoms with E-state index in [0.29, 0.717) is 23.7 Å². The molecule has 0 saturated heterocycles. The summed E-state index contributed by atoms with van der Waals surface area (Å²) in [6.45, 7) is 0.372. The van der Waals surface area contributed by atoms with Gasteiger partial charge in [0.15, 0.2) is 11.5 Å². The summed E-state index contributed by atoms with van der Waals surface area (Å²) in [4.78, 5) is 0. The first-order valence-corrected chi connectivity index (χ1v) is 6.50. The third kappa shape index (κ3) is 4.58. The summed E-state index contributed by atoms with van der Waals surface area (Å²) in [5.74, 6) is 0.881. The maximum Gasteiger partial charge on any atom is 0.257 e. The fraction of sp³-hybridized carbons (Fsp3) is 0.250. The monoisotopic (exact) mass is 329 g/mol. The number of rotatable bonds is 6. The Morgan fingerprint density at radius 2 is 1.73 bits per heavy atom. The first-order valence-electron chi connectivity index (χ1n) is 6.50. The Morgan fingerprint density at radius 1 is 1.05 bits per heavy atom. The van der Waals surface area contributed by atoms with Gasteiger partial charge in [0, 0.05) is 0 Å². The number of methoxy groups -OCH3 is 1. The second-order valence-electron chi connectivity index (χ2n) is 4.54. The average molecular weight is 330 g/mol. The first kappa shape index (κ1) is 18.2. The molecule has 120 valence electrons. The van der Waals surface area contributed by atoms with Gasteiger partial charge < -0.3 is 15.2 Å². The lowest BCUT2D eigenvalue weighted by Gasteiger charge is -2.15. The van der Waals surface area contributed by atoms with Crippen LogP contribution in [0, 0.1) is 0 Å². The van der Waals surface area contributed by atoms with Crippen molar-refractivity contribution in [1.82, 2.24) is 0 Å². The standard InChI is InChI=1S/C16H17F2NO2.ClH/c1-20-14-9-12(15(19)16(17)18)7-8-13(14)21-10-11-5-3-2-4-6-11;/h2-9,15-16H,10,19H2,1H3;1H/t15-;/m1./s1. The Morgan fingerprint density at radius 3 is 2.32 bits per heavy atom. The van der Waals surface area contributed by atoms with E-state index < -0.39 is 12.5 Å². The Labute approximate surface area is 134 Å². The molecular formula is C16H18ClF2NO2. The highest BCUT2D eigenvalue weighted by atomic mass is 35.5. The van der Waals surface area contributed by atoms with E-state index in [9.17, 15) is 8.78 Å². The maximum atomic E-state index is 12.6. The molecule has 22 heavy (non-hydrogen) atoms. The van der Waals surface area contributed by atoms with Gasteiger partial charge in [-0.1, -0.05) is 36.4 Å². The lowest BCUT2D eigenvalue weighted by Crippen LogP contribution is -2.18. The summed E-state index contributed by atoms with van der Waals surface area (Å²) in [7, 11) is 1.46. The summed E-state index contributed by atoms with van der Waals surface area (Å²) in [6, 6.07) is 12.9. The van der Waals surface area contributed by atoms with E-state index in [1.54, 1.807) is 6.07 Å². The normalized spacial score (nSPS) is 11.7. The van der Waals surface area contributed by atoms with Gasteiger partial charge in [0.25, 0.3) is 6.43 Å². The van der Waals surface area contributed by atoms with Crippen molar-refractivity contribution in [2.24, 2.45) is 5.73 Å². The van der Waals surface area contributed by atoms with Crippen molar-refractivity contribution < 1.29 is 18.3 Å². The van der Waals surface area contributed by atoms with Crippen molar-refractivity contribution in [2.45, 2.75) is 19.1 Å². The predicted octanol–water partition coefficient (Wildman–Crippen LogP) is 3.96. The van der Waals surface area contributed by atoms with E-state index in [2.05, 4.69) is 0 Å². The molecule has 0 aromatic heterocycles. The quantitative estimate of drug-likeness (QED) is 0.872. The molecule has 0 radical (unpaired) electrons. The van der Waals surface area contributed by atoms with E-state index in [1.165, 1.54) is 19.2 Å². The highest BCUT2D eigenvalue weighted by Gasteiger charge is 2.19. The van der Waals surface area contributed by atoms with Gasteiger partial charge in [0.2, 0.25) is 0 Å². The zero-order chi connectivity index (χ0) is 15.2. The van der Waals surface area contributed by atoms with E-state index in [0.717, 1.165) is 5.56 Å². The van der Waals surface area contributed by atoms with Crippen LogP contribution in [0.5, 0.6) is 11.5 Å².